The Balaban J connectivity index is 1.68. The number of amides is 1. The largest absolute Gasteiger partial charge is 0.353 e. The molecular formula is C18H26N2O. The van der Waals surface area contributed by atoms with E-state index in [9.17, 15) is 4.79 Å². The van der Waals surface area contributed by atoms with E-state index in [2.05, 4.69) is 41.4 Å². The molecule has 1 amide bonds. The summed E-state index contributed by atoms with van der Waals surface area (Å²) >= 11 is 0. The molecule has 2 saturated heterocycles. The number of benzene rings is 1. The van der Waals surface area contributed by atoms with Crippen LogP contribution in [0.1, 0.15) is 50.2 Å². The average molecular weight is 286 g/mol. The van der Waals surface area contributed by atoms with Gasteiger partial charge >= 0.3 is 0 Å². The molecule has 0 aliphatic carbocycles. The predicted molar refractivity (Wildman–Crippen MR) is 85.0 cm³/mol. The number of piperidine rings is 2. The van der Waals surface area contributed by atoms with E-state index in [-0.39, 0.29) is 5.91 Å². The van der Waals surface area contributed by atoms with E-state index in [1.165, 1.54) is 30.4 Å². The quantitative estimate of drug-likeness (QED) is 0.926. The van der Waals surface area contributed by atoms with Crippen LogP contribution in [0, 0.1) is 6.92 Å². The van der Waals surface area contributed by atoms with Gasteiger partial charge in [-0.3, -0.25) is 9.69 Å². The molecule has 0 unspecified atom stereocenters. The maximum atomic E-state index is 11.3. The summed E-state index contributed by atoms with van der Waals surface area (Å²) < 4.78 is 0. The molecule has 0 aromatic heterocycles. The number of rotatable bonds is 3. The second-order valence-electron chi connectivity index (χ2n) is 6.77. The van der Waals surface area contributed by atoms with Gasteiger partial charge in [-0.15, -0.1) is 0 Å². The van der Waals surface area contributed by atoms with Crippen molar-refractivity contribution in [3.63, 3.8) is 0 Å². The summed E-state index contributed by atoms with van der Waals surface area (Å²) in [5, 5.41) is 3.14. The summed E-state index contributed by atoms with van der Waals surface area (Å²) in [4.78, 5) is 14.0. The molecule has 0 saturated carbocycles. The van der Waals surface area contributed by atoms with E-state index in [0.717, 1.165) is 19.4 Å². The second kappa shape index (κ2) is 6.18. The van der Waals surface area contributed by atoms with Crippen molar-refractivity contribution in [2.45, 2.75) is 70.6 Å². The molecule has 0 spiro atoms. The Labute approximate surface area is 127 Å². The molecule has 1 aromatic carbocycles. The van der Waals surface area contributed by atoms with Crippen molar-refractivity contribution in [3.8, 4) is 0 Å². The Kier molecular flexibility index (Phi) is 4.29. The van der Waals surface area contributed by atoms with Crippen molar-refractivity contribution in [2.75, 3.05) is 0 Å². The van der Waals surface area contributed by atoms with E-state index in [1.54, 1.807) is 6.92 Å². The van der Waals surface area contributed by atoms with Crippen molar-refractivity contribution < 1.29 is 4.79 Å². The van der Waals surface area contributed by atoms with Gasteiger partial charge in [0, 0.05) is 31.6 Å². The van der Waals surface area contributed by atoms with Gasteiger partial charge in [0.25, 0.3) is 0 Å². The van der Waals surface area contributed by atoms with Crippen LogP contribution >= 0.6 is 0 Å². The van der Waals surface area contributed by atoms with Gasteiger partial charge in [-0.25, -0.2) is 0 Å². The number of carbonyl (C=O) groups is 1. The maximum absolute atomic E-state index is 11.3. The van der Waals surface area contributed by atoms with Crippen molar-refractivity contribution in [3.05, 3.63) is 35.4 Å². The molecule has 114 valence electrons. The molecule has 1 N–H and O–H groups in total. The second-order valence-corrected chi connectivity index (χ2v) is 6.77. The fourth-order valence-electron chi connectivity index (χ4n) is 4.05. The topological polar surface area (TPSA) is 32.3 Å². The Hall–Kier alpha value is -1.35. The first kappa shape index (κ1) is 14.6. The van der Waals surface area contributed by atoms with Gasteiger partial charge in [0.05, 0.1) is 0 Å². The normalized spacial score (nSPS) is 29.1. The van der Waals surface area contributed by atoms with Gasteiger partial charge in [-0.1, -0.05) is 36.2 Å². The fraction of sp³-hybridized carbons (Fsp3) is 0.611. The molecule has 0 radical (unpaired) electrons. The van der Waals surface area contributed by atoms with E-state index < -0.39 is 0 Å². The molecule has 2 fully saturated rings. The van der Waals surface area contributed by atoms with Gasteiger partial charge in [0.2, 0.25) is 5.91 Å². The summed E-state index contributed by atoms with van der Waals surface area (Å²) in [5.41, 5.74) is 2.73. The minimum Gasteiger partial charge on any atom is -0.353 e. The molecule has 21 heavy (non-hydrogen) atoms. The molecule has 3 nitrogen and oxygen atoms in total. The molecule has 2 aliphatic heterocycles. The Morgan fingerprint density at radius 1 is 1.19 bits per heavy atom. The summed E-state index contributed by atoms with van der Waals surface area (Å²) in [5.74, 6) is 0.116. The van der Waals surface area contributed by atoms with Crippen molar-refractivity contribution in [1.82, 2.24) is 10.2 Å². The number of hydrogen-bond acceptors (Lipinski definition) is 2. The third kappa shape index (κ3) is 3.46. The van der Waals surface area contributed by atoms with Crippen molar-refractivity contribution in [1.29, 1.82) is 0 Å². The van der Waals surface area contributed by atoms with Crippen LogP contribution in [-0.4, -0.2) is 28.9 Å². The van der Waals surface area contributed by atoms with Crippen molar-refractivity contribution >= 4 is 5.91 Å². The predicted octanol–water partition coefficient (Wildman–Crippen LogP) is 3.02. The van der Waals surface area contributed by atoms with Crippen LogP contribution < -0.4 is 5.32 Å². The summed E-state index contributed by atoms with van der Waals surface area (Å²) in [6.07, 6.45) is 6.12. The average Bonchev–Trinajstić information content (AvgIpc) is 2.41. The first-order valence-electron chi connectivity index (χ1n) is 8.20. The van der Waals surface area contributed by atoms with Crippen LogP contribution in [0.25, 0.3) is 0 Å². The van der Waals surface area contributed by atoms with E-state index in [1.807, 2.05) is 0 Å². The number of nitrogens with one attached hydrogen (secondary N) is 1. The van der Waals surface area contributed by atoms with Gasteiger partial charge in [0.1, 0.15) is 0 Å². The Bertz CT molecular complexity index is 482. The van der Waals surface area contributed by atoms with Gasteiger partial charge in [-0.2, -0.15) is 0 Å². The standard InChI is InChI=1S/C18H26N2O/c1-13-6-8-15(9-7-13)12-20-17-4-3-5-18(20)11-16(10-17)19-14(2)21/h6-9,16-18H,3-5,10-12H2,1-2H3,(H,19,21)/t17-,18-/m1/s1. The number of carbonyl (C=O) groups excluding carboxylic acids is 1. The highest BCUT2D eigenvalue weighted by atomic mass is 16.1. The van der Waals surface area contributed by atoms with E-state index in [4.69, 9.17) is 0 Å². The summed E-state index contributed by atoms with van der Waals surface area (Å²) in [6, 6.07) is 10.6. The highest BCUT2D eigenvalue weighted by Gasteiger charge is 2.38. The van der Waals surface area contributed by atoms with Gasteiger partial charge in [-0.05, 0) is 38.2 Å². The SMILES string of the molecule is CC(=O)NC1C[C@H]2CCC[C@H](C1)N2Cc1ccc(C)cc1. The van der Waals surface area contributed by atoms with E-state index in [0.29, 0.717) is 18.1 Å². The van der Waals surface area contributed by atoms with Crippen LogP contribution in [0.15, 0.2) is 24.3 Å². The lowest BCUT2D eigenvalue weighted by atomic mass is 9.81. The van der Waals surface area contributed by atoms with Crippen LogP contribution in [0.4, 0.5) is 0 Å². The smallest absolute Gasteiger partial charge is 0.217 e. The van der Waals surface area contributed by atoms with E-state index >= 15 is 0 Å². The lowest BCUT2D eigenvalue weighted by molar-refractivity contribution is -0.120. The zero-order valence-corrected chi connectivity index (χ0v) is 13.1. The molecule has 3 heteroatoms. The molecule has 2 atom stereocenters. The maximum Gasteiger partial charge on any atom is 0.217 e. The molecule has 3 rings (SSSR count). The first-order chi connectivity index (χ1) is 10.1. The fourth-order valence-corrected chi connectivity index (χ4v) is 4.05. The highest BCUT2D eigenvalue weighted by molar-refractivity contribution is 5.73. The van der Waals surface area contributed by atoms with Crippen LogP contribution in [0.2, 0.25) is 0 Å². The number of aryl methyl sites for hydroxylation is 1. The van der Waals surface area contributed by atoms with Crippen LogP contribution in [0.5, 0.6) is 0 Å². The zero-order valence-electron chi connectivity index (χ0n) is 13.1. The van der Waals surface area contributed by atoms with Gasteiger partial charge in [0.15, 0.2) is 0 Å². The van der Waals surface area contributed by atoms with Gasteiger partial charge < -0.3 is 5.32 Å². The lowest BCUT2D eigenvalue weighted by Crippen LogP contribution is -2.56. The number of fused-ring (bicyclic) bond motifs is 2. The summed E-state index contributed by atoms with van der Waals surface area (Å²) in [7, 11) is 0. The number of hydrogen-bond donors (Lipinski definition) is 1. The lowest BCUT2D eigenvalue weighted by Gasteiger charge is -2.49. The Morgan fingerprint density at radius 3 is 2.38 bits per heavy atom. The first-order valence-corrected chi connectivity index (χ1v) is 8.20. The Morgan fingerprint density at radius 2 is 1.81 bits per heavy atom. The molecule has 1 aromatic rings. The summed E-state index contributed by atoms with van der Waals surface area (Å²) in [6.45, 7) is 4.83. The third-order valence-electron chi connectivity index (χ3n) is 5.02. The van der Waals surface area contributed by atoms with Crippen LogP contribution in [0.3, 0.4) is 0 Å². The molecule has 2 aliphatic rings. The highest BCUT2D eigenvalue weighted by Crippen LogP contribution is 2.35. The van der Waals surface area contributed by atoms with Crippen molar-refractivity contribution in [2.24, 2.45) is 0 Å². The monoisotopic (exact) mass is 286 g/mol. The van der Waals surface area contributed by atoms with Crippen LogP contribution in [-0.2, 0) is 11.3 Å². The third-order valence-corrected chi connectivity index (χ3v) is 5.02. The zero-order chi connectivity index (χ0) is 14.8. The molecule has 2 heterocycles. The minimum atomic E-state index is 0.116. The number of nitrogens with zero attached hydrogens (tertiary/aromatic N) is 1. The molecular weight excluding hydrogens is 260 g/mol. The minimum absolute atomic E-state index is 0.116. The molecule has 2 bridgehead atoms.